The van der Waals surface area contributed by atoms with Crippen LogP contribution in [0.25, 0.3) is 0 Å². The first-order valence-corrected chi connectivity index (χ1v) is 5.67. The molecule has 0 aliphatic heterocycles. The molecule has 1 aliphatic carbocycles. The molecule has 1 rings (SSSR count). The third-order valence-electron chi connectivity index (χ3n) is 3.03. The Balaban J connectivity index is 2.48. The summed E-state index contributed by atoms with van der Waals surface area (Å²) in [7, 11) is 2.01. The van der Waals surface area contributed by atoms with Gasteiger partial charge in [-0.3, -0.25) is 0 Å². The van der Waals surface area contributed by atoms with Gasteiger partial charge >= 0.3 is 0 Å². The van der Waals surface area contributed by atoms with Crippen molar-refractivity contribution in [1.82, 2.24) is 4.90 Å². The lowest BCUT2D eigenvalue weighted by atomic mass is 9.96. The third kappa shape index (κ3) is 3.20. The van der Waals surface area contributed by atoms with Crippen molar-refractivity contribution < 1.29 is 0 Å². The topological polar surface area (TPSA) is 41.6 Å². The molecule has 14 heavy (non-hydrogen) atoms. The van der Waals surface area contributed by atoms with Gasteiger partial charge in [0.25, 0.3) is 0 Å². The number of guanidine groups is 1. The van der Waals surface area contributed by atoms with Gasteiger partial charge in [-0.15, -0.1) is 0 Å². The van der Waals surface area contributed by atoms with Crippen molar-refractivity contribution in [2.24, 2.45) is 10.7 Å². The molecule has 1 fully saturated rings. The van der Waals surface area contributed by atoms with E-state index < -0.39 is 0 Å². The van der Waals surface area contributed by atoms with Crippen LogP contribution in [0.2, 0.25) is 0 Å². The quantitative estimate of drug-likeness (QED) is 0.543. The molecule has 1 saturated carbocycles. The Morgan fingerprint density at radius 1 is 1.29 bits per heavy atom. The molecule has 0 saturated heterocycles. The molecule has 0 atom stereocenters. The summed E-state index contributed by atoms with van der Waals surface area (Å²) in [4.78, 5) is 6.61. The first kappa shape index (κ1) is 11.3. The van der Waals surface area contributed by atoms with Crippen LogP contribution < -0.4 is 5.73 Å². The van der Waals surface area contributed by atoms with Crippen LogP contribution in [0.5, 0.6) is 0 Å². The summed E-state index contributed by atoms with van der Waals surface area (Å²) in [6.07, 6.45) is 6.42. The molecule has 82 valence electrons. The summed E-state index contributed by atoms with van der Waals surface area (Å²) in [5.74, 6) is 0.701. The molecule has 0 aromatic carbocycles. The van der Waals surface area contributed by atoms with Gasteiger partial charge in [0, 0.05) is 13.1 Å². The van der Waals surface area contributed by atoms with E-state index in [1.165, 1.54) is 32.1 Å². The standard InChI is InChI=1S/C11H23N3/c1-9(2)14(3)11(12)13-10-7-5-4-6-8-10/h9-10H,4-8H2,1-3H3,(H2,12,13). The minimum absolute atomic E-state index is 0.433. The molecule has 1 aliphatic rings. The van der Waals surface area contributed by atoms with E-state index in [0.717, 1.165) is 0 Å². The van der Waals surface area contributed by atoms with E-state index in [1.807, 2.05) is 11.9 Å². The molecule has 0 aromatic heterocycles. The highest BCUT2D eigenvalue weighted by Gasteiger charge is 2.14. The predicted molar refractivity (Wildman–Crippen MR) is 61.4 cm³/mol. The summed E-state index contributed by atoms with van der Waals surface area (Å²) in [6.45, 7) is 4.26. The molecular weight excluding hydrogens is 174 g/mol. The first-order valence-electron chi connectivity index (χ1n) is 5.67. The van der Waals surface area contributed by atoms with Crippen LogP contribution >= 0.6 is 0 Å². The Morgan fingerprint density at radius 2 is 1.86 bits per heavy atom. The zero-order chi connectivity index (χ0) is 10.6. The second kappa shape index (κ2) is 5.23. The van der Waals surface area contributed by atoms with Gasteiger partial charge in [0.1, 0.15) is 0 Å². The Kier molecular flexibility index (Phi) is 4.23. The number of rotatable bonds is 2. The number of hydrogen-bond donors (Lipinski definition) is 1. The van der Waals surface area contributed by atoms with E-state index in [-0.39, 0.29) is 0 Å². The second-order valence-electron chi connectivity index (χ2n) is 4.48. The molecule has 0 radical (unpaired) electrons. The Hall–Kier alpha value is -0.730. The van der Waals surface area contributed by atoms with Gasteiger partial charge in [0.15, 0.2) is 5.96 Å². The SMILES string of the molecule is CC(C)N(C)C(N)=NC1CCCCC1. The third-order valence-corrected chi connectivity index (χ3v) is 3.03. The fourth-order valence-corrected chi connectivity index (χ4v) is 1.75. The monoisotopic (exact) mass is 197 g/mol. The Bertz CT molecular complexity index is 193. The van der Waals surface area contributed by atoms with Gasteiger partial charge in [0.2, 0.25) is 0 Å². The first-order chi connectivity index (χ1) is 6.61. The van der Waals surface area contributed by atoms with E-state index in [4.69, 9.17) is 5.73 Å². The van der Waals surface area contributed by atoms with Crippen molar-refractivity contribution in [2.45, 2.75) is 58.0 Å². The Labute approximate surface area is 87.4 Å². The average Bonchev–Trinajstić information content (AvgIpc) is 2.18. The predicted octanol–water partition coefficient (Wildman–Crippen LogP) is 1.97. The fourth-order valence-electron chi connectivity index (χ4n) is 1.75. The van der Waals surface area contributed by atoms with Gasteiger partial charge in [-0.2, -0.15) is 0 Å². The number of hydrogen-bond acceptors (Lipinski definition) is 1. The zero-order valence-electron chi connectivity index (χ0n) is 9.66. The highest BCUT2D eigenvalue weighted by Crippen LogP contribution is 2.20. The zero-order valence-corrected chi connectivity index (χ0v) is 9.66. The maximum Gasteiger partial charge on any atom is 0.191 e. The van der Waals surface area contributed by atoms with Crippen molar-refractivity contribution in [3.05, 3.63) is 0 Å². The van der Waals surface area contributed by atoms with E-state index in [1.54, 1.807) is 0 Å². The van der Waals surface area contributed by atoms with Gasteiger partial charge in [0.05, 0.1) is 6.04 Å². The van der Waals surface area contributed by atoms with Crippen molar-refractivity contribution in [3.63, 3.8) is 0 Å². The normalized spacial score (nSPS) is 20.1. The fraction of sp³-hybridized carbons (Fsp3) is 0.909. The van der Waals surface area contributed by atoms with Crippen LogP contribution in [0, 0.1) is 0 Å². The number of nitrogens with zero attached hydrogens (tertiary/aromatic N) is 2. The summed E-state index contributed by atoms with van der Waals surface area (Å²) in [5, 5.41) is 0. The van der Waals surface area contributed by atoms with Crippen molar-refractivity contribution in [1.29, 1.82) is 0 Å². The number of nitrogens with two attached hydrogens (primary N) is 1. The minimum atomic E-state index is 0.433. The van der Waals surface area contributed by atoms with Gasteiger partial charge < -0.3 is 10.6 Å². The van der Waals surface area contributed by atoms with Crippen LogP contribution in [0.15, 0.2) is 4.99 Å². The lowest BCUT2D eigenvalue weighted by Crippen LogP contribution is -2.39. The van der Waals surface area contributed by atoms with Gasteiger partial charge in [-0.25, -0.2) is 4.99 Å². The molecule has 0 heterocycles. The van der Waals surface area contributed by atoms with Crippen LogP contribution in [0.4, 0.5) is 0 Å². The van der Waals surface area contributed by atoms with Crippen LogP contribution in [-0.2, 0) is 0 Å². The maximum absolute atomic E-state index is 5.92. The molecule has 3 heteroatoms. The molecular formula is C11H23N3. The molecule has 0 aromatic rings. The maximum atomic E-state index is 5.92. The largest absolute Gasteiger partial charge is 0.370 e. The summed E-state index contributed by atoms with van der Waals surface area (Å²) >= 11 is 0. The van der Waals surface area contributed by atoms with E-state index in [0.29, 0.717) is 18.0 Å². The van der Waals surface area contributed by atoms with E-state index >= 15 is 0 Å². The average molecular weight is 197 g/mol. The Morgan fingerprint density at radius 3 is 2.36 bits per heavy atom. The molecule has 0 bridgehead atoms. The van der Waals surface area contributed by atoms with Crippen molar-refractivity contribution >= 4 is 5.96 Å². The number of aliphatic imine (C=N–C) groups is 1. The molecule has 0 amide bonds. The molecule has 2 N–H and O–H groups in total. The second-order valence-corrected chi connectivity index (χ2v) is 4.48. The van der Waals surface area contributed by atoms with Crippen LogP contribution in [0.3, 0.4) is 0 Å². The van der Waals surface area contributed by atoms with Crippen LogP contribution in [-0.4, -0.2) is 30.0 Å². The lowest BCUT2D eigenvalue weighted by Gasteiger charge is -2.25. The van der Waals surface area contributed by atoms with Gasteiger partial charge in [-0.1, -0.05) is 19.3 Å². The van der Waals surface area contributed by atoms with Crippen molar-refractivity contribution in [2.75, 3.05) is 7.05 Å². The molecule has 0 unspecified atom stereocenters. The highest BCUT2D eigenvalue weighted by molar-refractivity contribution is 5.78. The minimum Gasteiger partial charge on any atom is -0.370 e. The van der Waals surface area contributed by atoms with Crippen molar-refractivity contribution in [3.8, 4) is 0 Å². The van der Waals surface area contributed by atoms with Crippen LogP contribution in [0.1, 0.15) is 46.0 Å². The lowest BCUT2D eigenvalue weighted by molar-refractivity contribution is 0.396. The van der Waals surface area contributed by atoms with E-state index in [9.17, 15) is 0 Å². The summed E-state index contributed by atoms with van der Waals surface area (Å²) in [6, 6.07) is 0.910. The molecule has 0 spiro atoms. The summed E-state index contributed by atoms with van der Waals surface area (Å²) in [5.41, 5.74) is 5.92. The van der Waals surface area contributed by atoms with Gasteiger partial charge in [-0.05, 0) is 26.7 Å². The summed E-state index contributed by atoms with van der Waals surface area (Å²) < 4.78 is 0. The van der Waals surface area contributed by atoms with E-state index in [2.05, 4.69) is 18.8 Å². The highest BCUT2D eigenvalue weighted by atomic mass is 15.2. The smallest absolute Gasteiger partial charge is 0.191 e. The molecule has 3 nitrogen and oxygen atoms in total.